The molecule has 0 spiro atoms. The lowest BCUT2D eigenvalue weighted by atomic mass is 10.1. The number of fused-ring (bicyclic) bond motifs is 1. The highest BCUT2D eigenvalue weighted by molar-refractivity contribution is 5.97. The highest BCUT2D eigenvalue weighted by Crippen LogP contribution is 2.28. The number of H-pyrrole nitrogens is 1. The van der Waals surface area contributed by atoms with Gasteiger partial charge in [-0.05, 0) is 30.3 Å². The van der Waals surface area contributed by atoms with E-state index in [2.05, 4.69) is 21.9 Å². The molecule has 6 heteroatoms. The van der Waals surface area contributed by atoms with E-state index >= 15 is 0 Å². The van der Waals surface area contributed by atoms with Crippen LogP contribution in [0.25, 0.3) is 22.5 Å². The highest BCUT2D eigenvalue weighted by Gasteiger charge is 2.20. The Hall–Kier alpha value is -3.67. The van der Waals surface area contributed by atoms with Crippen LogP contribution in [0.1, 0.15) is 16.1 Å². The molecule has 0 bridgehead atoms. The van der Waals surface area contributed by atoms with E-state index in [1.54, 1.807) is 24.4 Å². The van der Waals surface area contributed by atoms with Gasteiger partial charge in [-0.3, -0.25) is 9.78 Å². The van der Waals surface area contributed by atoms with Crippen LogP contribution in [0.2, 0.25) is 0 Å². The maximum atomic E-state index is 12.0. The first-order chi connectivity index (χ1) is 13.1. The predicted molar refractivity (Wildman–Crippen MR) is 101 cm³/mol. The lowest BCUT2D eigenvalue weighted by molar-refractivity contribution is -0.128. The molecule has 1 aliphatic heterocycles. The lowest BCUT2D eigenvalue weighted by Crippen LogP contribution is -2.31. The fourth-order valence-electron chi connectivity index (χ4n) is 3.08. The van der Waals surface area contributed by atoms with E-state index in [0.717, 1.165) is 40.7 Å². The third-order valence-corrected chi connectivity index (χ3v) is 4.39. The number of pyridine rings is 1. The molecule has 0 saturated heterocycles. The summed E-state index contributed by atoms with van der Waals surface area (Å²) in [5, 5.41) is 2.85. The van der Waals surface area contributed by atoms with Crippen molar-refractivity contribution < 1.29 is 14.3 Å². The van der Waals surface area contributed by atoms with Crippen molar-refractivity contribution in [2.45, 2.75) is 6.42 Å². The zero-order valence-corrected chi connectivity index (χ0v) is 14.5. The molecule has 3 aromatic rings. The van der Waals surface area contributed by atoms with E-state index in [0.29, 0.717) is 17.9 Å². The summed E-state index contributed by atoms with van der Waals surface area (Å²) in [6.07, 6.45) is 3.62. The van der Waals surface area contributed by atoms with E-state index in [1.807, 2.05) is 24.3 Å². The number of rotatable bonds is 4. The van der Waals surface area contributed by atoms with Crippen molar-refractivity contribution in [3.05, 3.63) is 72.6 Å². The van der Waals surface area contributed by atoms with E-state index < -0.39 is 5.97 Å². The van der Waals surface area contributed by atoms with Gasteiger partial charge >= 0.3 is 5.97 Å². The van der Waals surface area contributed by atoms with Crippen LogP contribution in [0.3, 0.4) is 0 Å². The van der Waals surface area contributed by atoms with E-state index in [1.165, 1.54) is 0 Å². The molecule has 4 rings (SSSR count). The molecule has 0 saturated carbocycles. The van der Waals surface area contributed by atoms with Gasteiger partial charge in [0.15, 0.2) is 0 Å². The van der Waals surface area contributed by atoms with Crippen LogP contribution in [-0.4, -0.2) is 28.4 Å². The Bertz CT molecular complexity index is 1050. The zero-order valence-electron chi connectivity index (χ0n) is 14.5. The molecule has 134 valence electrons. The Labute approximate surface area is 155 Å². The number of nitrogens with zero attached hydrogens (tertiary/aromatic N) is 1. The minimum absolute atomic E-state index is 0.0511. The molecule has 0 aliphatic carbocycles. The van der Waals surface area contributed by atoms with Crippen LogP contribution in [0.15, 0.2) is 61.3 Å². The molecule has 0 atom stereocenters. The van der Waals surface area contributed by atoms with Crippen LogP contribution in [-0.2, 0) is 11.2 Å². The maximum absolute atomic E-state index is 12.0. The summed E-state index contributed by atoms with van der Waals surface area (Å²) in [6.45, 7) is 4.04. The van der Waals surface area contributed by atoms with Crippen LogP contribution in [0, 0.1) is 0 Å². The minimum atomic E-state index is -0.510. The SMILES string of the molecule is C=CC(=O)Oc1cccc(-c2cc(-c3cc4c([nH]3)CCNC4=O)ccn2)c1. The molecule has 1 amide bonds. The number of amides is 1. The fraction of sp³-hybridized carbons (Fsp3) is 0.0952. The first kappa shape index (κ1) is 16.8. The van der Waals surface area contributed by atoms with Crippen molar-refractivity contribution >= 4 is 11.9 Å². The molecule has 2 aromatic heterocycles. The molecule has 27 heavy (non-hydrogen) atoms. The monoisotopic (exact) mass is 359 g/mol. The molecule has 0 fully saturated rings. The van der Waals surface area contributed by atoms with Crippen LogP contribution in [0.5, 0.6) is 5.75 Å². The first-order valence-electron chi connectivity index (χ1n) is 8.55. The normalized spacial score (nSPS) is 12.8. The summed E-state index contributed by atoms with van der Waals surface area (Å²) in [7, 11) is 0. The molecule has 2 N–H and O–H groups in total. The number of benzene rings is 1. The van der Waals surface area contributed by atoms with E-state index in [-0.39, 0.29) is 5.91 Å². The largest absolute Gasteiger partial charge is 0.423 e. The lowest BCUT2D eigenvalue weighted by Gasteiger charge is -2.11. The van der Waals surface area contributed by atoms with Gasteiger partial charge in [-0.15, -0.1) is 0 Å². The number of esters is 1. The van der Waals surface area contributed by atoms with Gasteiger partial charge in [0.05, 0.1) is 11.3 Å². The van der Waals surface area contributed by atoms with Gasteiger partial charge in [-0.1, -0.05) is 18.7 Å². The molecule has 1 aromatic carbocycles. The number of aromatic amines is 1. The average Bonchev–Trinajstić information content (AvgIpc) is 3.14. The zero-order chi connectivity index (χ0) is 18.8. The quantitative estimate of drug-likeness (QED) is 0.426. The summed E-state index contributed by atoms with van der Waals surface area (Å²) < 4.78 is 5.17. The third kappa shape index (κ3) is 3.37. The topological polar surface area (TPSA) is 84.1 Å². The number of hydrogen-bond acceptors (Lipinski definition) is 4. The van der Waals surface area contributed by atoms with Gasteiger partial charge in [-0.2, -0.15) is 0 Å². The standard InChI is InChI=1S/C21H17N3O3/c1-2-20(25)27-15-5-3-4-13(10-15)18-11-14(6-8-22-18)19-12-16-17(24-19)7-9-23-21(16)26/h2-6,8,10-12,24H,1,7,9H2,(H,23,26). The molecule has 3 heterocycles. The first-order valence-corrected chi connectivity index (χ1v) is 8.55. The van der Waals surface area contributed by atoms with Gasteiger partial charge in [-0.25, -0.2) is 4.79 Å². The van der Waals surface area contributed by atoms with Gasteiger partial charge in [0.1, 0.15) is 5.75 Å². The summed E-state index contributed by atoms with van der Waals surface area (Å²) in [5.74, 6) is -0.134. The molecular weight excluding hydrogens is 342 g/mol. The van der Waals surface area contributed by atoms with Crippen LogP contribution in [0.4, 0.5) is 0 Å². The molecular formula is C21H17N3O3. The smallest absolute Gasteiger partial charge is 0.335 e. The number of nitrogens with one attached hydrogen (secondary N) is 2. The molecule has 0 unspecified atom stereocenters. The number of aromatic nitrogens is 2. The second kappa shape index (κ2) is 6.92. The number of carbonyl (C=O) groups is 2. The Kier molecular flexibility index (Phi) is 4.30. The van der Waals surface area contributed by atoms with Crippen molar-refractivity contribution in [1.29, 1.82) is 0 Å². The van der Waals surface area contributed by atoms with E-state index in [4.69, 9.17) is 4.74 Å². The van der Waals surface area contributed by atoms with Gasteiger partial charge in [0.25, 0.3) is 5.91 Å². The van der Waals surface area contributed by atoms with Crippen molar-refractivity contribution in [3.63, 3.8) is 0 Å². The van der Waals surface area contributed by atoms with Crippen LogP contribution >= 0.6 is 0 Å². The maximum Gasteiger partial charge on any atom is 0.335 e. The number of ether oxygens (including phenoxy) is 1. The number of hydrogen-bond donors (Lipinski definition) is 2. The van der Waals surface area contributed by atoms with Crippen LogP contribution < -0.4 is 10.1 Å². The van der Waals surface area contributed by atoms with Crippen molar-refractivity contribution in [2.24, 2.45) is 0 Å². The molecule has 6 nitrogen and oxygen atoms in total. The summed E-state index contributed by atoms with van der Waals surface area (Å²) in [4.78, 5) is 31.1. The third-order valence-electron chi connectivity index (χ3n) is 4.39. The molecule has 1 aliphatic rings. The summed E-state index contributed by atoms with van der Waals surface area (Å²) in [6, 6.07) is 12.8. The van der Waals surface area contributed by atoms with Gasteiger partial charge in [0, 0.05) is 47.8 Å². The average molecular weight is 359 g/mol. The van der Waals surface area contributed by atoms with Crippen molar-refractivity contribution in [1.82, 2.24) is 15.3 Å². The Balaban J connectivity index is 1.67. The second-order valence-corrected chi connectivity index (χ2v) is 6.16. The van der Waals surface area contributed by atoms with Crippen molar-refractivity contribution in [3.8, 4) is 28.3 Å². The summed E-state index contributed by atoms with van der Waals surface area (Å²) in [5.41, 5.74) is 4.99. The van der Waals surface area contributed by atoms with Gasteiger partial charge < -0.3 is 15.0 Å². The second-order valence-electron chi connectivity index (χ2n) is 6.16. The fourth-order valence-corrected chi connectivity index (χ4v) is 3.08. The number of carbonyl (C=O) groups excluding carboxylic acids is 2. The Morgan fingerprint density at radius 3 is 2.89 bits per heavy atom. The van der Waals surface area contributed by atoms with Gasteiger partial charge in [0.2, 0.25) is 0 Å². The predicted octanol–water partition coefficient (Wildman–Crippen LogP) is 3.12. The highest BCUT2D eigenvalue weighted by atomic mass is 16.5. The minimum Gasteiger partial charge on any atom is -0.423 e. The van der Waals surface area contributed by atoms with Crippen molar-refractivity contribution in [2.75, 3.05) is 6.54 Å². The summed E-state index contributed by atoms with van der Waals surface area (Å²) >= 11 is 0. The Morgan fingerprint density at radius 1 is 1.19 bits per heavy atom. The van der Waals surface area contributed by atoms with E-state index in [9.17, 15) is 9.59 Å². The molecule has 0 radical (unpaired) electrons. The Morgan fingerprint density at radius 2 is 2.07 bits per heavy atom.